The number of carboxylic acids is 1. The smallest absolute Gasteiger partial charge is 0.306 e. The van der Waals surface area contributed by atoms with Crippen LogP contribution in [0, 0.1) is 0 Å². The molecule has 0 aliphatic rings. The zero-order valence-corrected chi connectivity index (χ0v) is 23.6. The van der Waals surface area contributed by atoms with Gasteiger partial charge in [-0.15, -0.1) is 0 Å². The highest BCUT2D eigenvalue weighted by Gasteiger charge is 2.11. The summed E-state index contributed by atoms with van der Waals surface area (Å²) in [5, 5.41) is 8.74. The van der Waals surface area contributed by atoms with Crippen molar-refractivity contribution in [3.05, 3.63) is 36.5 Å². The van der Waals surface area contributed by atoms with Gasteiger partial charge in [0.2, 0.25) is 0 Å². The number of aliphatic carboxylic acids is 1. The average molecular weight is 505 g/mol. The first kappa shape index (κ1) is 34.2. The zero-order valence-electron chi connectivity index (χ0n) is 23.6. The monoisotopic (exact) mass is 504 g/mol. The van der Waals surface area contributed by atoms with E-state index in [0.29, 0.717) is 6.42 Å². The topological polar surface area (TPSA) is 63.6 Å². The second-order valence-corrected chi connectivity index (χ2v) is 9.94. The van der Waals surface area contributed by atoms with E-state index in [1.165, 1.54) is 57.8 Å². The third-order valence-corrected chi connectivity index (χ3v) is 6.35. The molecule has 4 nitrogen and oxygen atoms in total. The Bertz CT molecular complexity index is 591. The second-order valence-electron chi connectivity index (χ2n) is 9.94. The van der Waals surface area contributed by atoms with Crippen molar-refractivity contribution in [2.45, 2.75) is 155 Å². The number of carboxylic acid groups (broad SMARTS) is 1. The number of carbonyl (C=O) groups is 2. The molecule has 1 N–H and O–H groups in total. The number of ether oxygens (including phenoxy) is 1. The summed E-state index contributed by atoms with van der Waals surface area (Å²) in [4.78, 5) is 23.0. The van der Waals surface area contributed by atoms with Crippen LogP contribution in [0.4, 0.5) is 0 Å². The molecule has 0 amide bonds. The van der Waals surface area contributed by atoms with Gasteiger partial charge >= 0.3 is 11.9 Å². The lowest BCUT2D eigenvalue weighted by Gasteiger charge is -2.14. The summed E-state index contributed by atoms with van der Waals surface area (Å²) in [7, 11) is 0. The molecule has 0 aliphatic carbocycles. The second kappa shape index (κ2) is 27.7. The van der Waals surface area contributed by atoms with Crippen LogP contribution in [0.25, 0.3) is 0 Å². The molecule has 4 heteroatoms. The molecule has 208 valence electrons. The van der Waals surface area contributed by atoms with Crippen LogP contribution in [0.3, 0.4) is 0 Å². The van der Waals surface area contributed by atoms with Gasteiger partial charge in [0, 0.05) is 12.8 Å². The van der Waals surface area contributed by atoms with Crippen LogP contribution in [-0.4, -0.2) is 23.1 Å². The predicted octanol–water partition coefficient (Wildman–Crippen LogP) is 9.88. The van der Waals surface area contributed by atoms with Gasteiger partial charge < -0.3 is 9.84 Å². The minimum Gasteiger partial charge on any atom is -0.481 e. The highest BCUT2D eigenvalue weighted by Crippen LogP contribution is 2.14. The number of hydrogen-bond acceptors (Lipinski definition) is 3. The van der Waals surface area contributed by atoms with Crippen LogP contribution < -0.4 is 0 Å². The Kier molecular flexibility index (Phi) is 26.3. The van der Waals surface area contributed by atoms with Crippen LogP contribution in [-0.2, 0) is 14.3 Å². The molecule has 36 heavy (non-hydrogen) atoms. The Labute approximate surface area is 222 Å². The summed E-state index contributed by atoms with van der Waals surface area (Å²) in [5.74, 6) is -0.798. The Morgan fingerprint density at radius 3 is 1.83 bits per heavy atom. The van der Waals surface area contributed by atoms with Gasteiger partial charge in [0.05, 0.1) is 0 Å². The molecule has 0 saturated carbocycles. The quantitative estimate of drug-likeness (QED) is 0.0723. The minimum absolute atomic E-state index is 0.0802. The van der Waals surface area contributed by atoms with E-state index >= 15 is 0 Å². The molecule has 0 aromatic rings. The molecular formula is C32H56O4. The first-order valence-electron chi connectivity index (χ1n) is 15.0. The van der Waals surface area contributed by atoms with E-state index in [1.54, 1.807) is 0 Å². The molecular weight excluding hydrogens is 448 g/mol. The molecule has 0 aromatic heterocycles. The van der Waals surface area contributed by atoms with E-state index in [0.717, 1.165) is 64.2 Å². The predicted molar refractivity (Wildman–Crippen MR) is 153 cm³/mol. The van der Waals surface area contributed by atoms with Crippen molar-refractivity contribution in [1.82, 2.24) is 0 Å². The Balaban J connectivity index is 4.31. The maximum atomic E-state index is 12.4. The average Bonchev–Trinajstić information content (AvgIpc) is 2.85. The number of carbonyl (C=O) groups excluding carboxylic acids is 1. The van der Waals surface area contributed by atoms with Crippen molar-refractivity contribution in [1.29, 1.82) is 0 Å². The number of allylic oxidation sites excluding steroid dienone is 5. The summed E-state index contributed by atoms with van der Waals surface area (Å²) < 4.78 is 5.81. The molecule has 0 rings (SSSR count). The molecule has 0 bridgehead atoms. The maximum absolute atomic E-state index is 12.4. The van der Waals surface area contributed by atoms with E-state index in [4.69, 9.17) is 9.84 Å². The summed E-state index contributed by atoms with van der Waals surface area (Å²) in [6.45, 7) is 4.46. The van der Waals surface area contributed by atoms with E-state index in [1.807, 2.05) is 0 Å². The standard InChI is InChI=1S/C32H56O4/c1-3-5-7-9-11-12-13-14-16-18-22-26-30(27-23-19-17-20-24-28-31(33)34)36-32(35)29-25-21-15-10-8-6-4-2/h11-12,14,16,22,26,30H,3-10,13,15,17-21,23-25,27-29H2,1-2H3,(H,33,34)/b12-11-,16-14-,26-22-. The Morgan fingerprint density at radius 2 is 1.17 bits per heavy atom. The van der Waals surface area contributed by atoms with Gasteiger partial charge in [-0.3, -0.25) is 9.59 Å². The van der Waals surface area contributed by atoms with Crippen LogP contribution in [0.5, 0.6) is 0 Å². The fraction of sp³-hybridized carbons (Fsp3) is 0.750. The lowest BCUT2D eigenvalue weighted by atomic mass is 10.1. The Morgan fingerprint density at radius 1 is 0.639 bits per heavy atom. The van der Waals surface area contributed by atoms with Crippen molar-refractivity contribution >= 4 is 11.9 Å². The molecule has 0 aromatic carbocycles. The first-order chi connectivity index (χ1) is 17.6. The fourth-order valence-electron chi connectivity index (χ4n) is 4.11. The summed E-state index contributed by atoms with van der Waals surface area (Å²) in [5.41, 5.74) is 0. The third kappa shape index (κ3) is 26.8. The molecule has 1 unspecified atom stereocenters. The van der Waals surface area contributed by atoms with Crippen molar-refractivity contribution in [3.8, 4) is 0 Å². The van der Waals surface area contributed by atoms with Gasteiger partial charge in [-0.1, -0.05) is 115 Å². The van der Waals surface area contributed by atoms with Gasteiger partial charge in [0.25, 0.3) is 0 Å². The highest BCUT2D eigenvalue weighted by atomic mass is 16.5. The summed E-state index contributed by atoms with van der Waals surface area (Å²) in [6.07, 6.45) is 34.5. The summed E-state index contributed by atoms with van der Waals surface area (Å²) >= 11 is 0. The zero-order chi connectivity index (χ0) is 26.5. The van der Waals surface area contributed by atoms with E-state index in [-0.39, 0.29) is 18.5 Å². The van der Waals surface area contributed by atoms with Crippen LogP contribution in [0.15, 0.2) is 36.5 Å². The summed E-state index contributed by atoms with van der Waals surface area (Å²) in [6, 6.07) is 0. The largest absolute Gasteiger partial charge is 0.481 e. The van der Waals surface area contributed by atoms with E-state index in [9.17, 15) is 9.59 Å². The highest BCUT2D eigenvalue weighted by molar-refractivity contribution is 5.69. The maximum Gasteiger partial charge on any atom is 0.306 e. The van der Waals surface area contributed by atoms with Gasteiger partial charge in [0.15, 0.2) is 0 Å². The van der Waals surface area contributed by atoms with Gasteiger partial charge in [-0.2, -0.15) is 0 Å². The molecule has 0 spiro atoms. The molecule has 0 fully saturated rings. The van der Waals surface area contributed by atoms with Gasteiger partial charge in [-0.05, 0) is 57.4 Å². The van der Waals surface area contributed by atoms with Crippen molar-refractivity contribution in [3.63, 3.8) is 0 Å². The number of hydrogen-bond donors (Lipinski definition) is 1. The van der Waals surface area contributed by atoms with E-state index < -0.39 is 5.97 Å². The molecule has 0 radical (unpaired) electrons. The van der Waals surface area contributed by atoms with Crippen LogP contribution in [0.1, 0.15) is 149 Å². The minimum atomic E-state index is -0.717. The Hall–Kier alpha value is -1.84. The molecule has 0 saturated heterocycles. The molecule has 0 heterocycles. The van der Waals surface area contributed by atoms with Crippen molar-refractivity contribution in [2.24, 2.45) is 0 Å². The molecule has 1 atom stereocenters. The lowest BCUT2D eigenvalue weighted by molar-refractivity contribution is -0.147. The van der Waals surface area contributed by atoms with Crippen LogP contribution >= 0.6 is 0 Å². The van der Waals surface area contributed by atoms with Gasteiger partial charge in [0.1, 0.15) is 6.10 Å². The van der Waals surface area contributed by atoms with E-state index in [2.05, 4.69) is 50.3 Å². The van der Waals surface area contributed by atoms with Crippen molar-refractivity contribution < 1.29 is 19.4 Å². The SMILES string of the molecule is CCCCC/C=C\C/C=C\C/C=C\C(CCCCCCCC(=O)O)OC(=O)CCCCCCCCC. The van der Waals surface area contributed by atoms with Crippen LogP contribution in [0.2, 0.25) is 0 Å². The molecule has 0 aliphatic heterocycles. The van der Waals surface area contributed by atoms with Crippen molar-refractivity contribution in [2.75, 3.05) is 0 Å². The lowest BCUT2D eigenvalue weighted by Crippen LogP contribution is -2.16. The number of esters is 1. The van der Waals surface area contributed by atoms with Gasteiger partial charge in [-0.25, -0.2) is 0 Å². The normalized spacial score (nSPS) is 12.7. The third-order valence-electron chi connectivity index (χ3n) is 6.35. The fourth-order valence-corrected chi connectivity index (χ4v) is 4.11. The number of unbranched alkanes of at least 4 members (excludes halogenated alkanes) is 13. The first-order valence-corrected chi connectivity index (χ1v) is 15.0. The number of rotatable bonds is 26.